The third-order valence-corrected chi connectivity index (χ3v) is 7.60. The zero-order valence-corrected chi connectivity index (χ0v) is 22.4. The monoisotopic (exact) mass is 522 g/mol. The first-order valence-corrected chi connectivity index (χ1v) is 13.0. The van der Waals surface area contributed by atoms with Gasteiger partial charge in [0.25, 0.3) is 0 Å². The normalized spacial score (nSPS) is 13.1. The summed E-state index contributed by atoms with van der Waals surface area (Å²) in [7, 11) is -0.129. The second-order valence-electron chi connectivity index (χ2n) is 8.62. The van der Waals surface area contributed by atoms with Gasteiger partial charge in [-0.15, -0.1) is 0 Å². The lowest BCUT2D eigenvalue weighted by Crippen LogP contribution is -2.53. The second-order valence-corrected chi connectivity index (χ2v) is 10.7. The first kappa shape index (κ1) is 29.1. The summed E-state index contributed by atoms with van der Waals surface area (Å²) < 4.78 is 47.7. The van der Waals surface area contributed by atoms with Gasteiger partial charge >= 0.3 is 10.2 Å². The van der Waals surface area contributed by atoms with E-state index in [1.165, 1.54) is 44.3 Å². The quantitative estimate of drug-likeness (QED) is 0.462. The zero-order valence-electron chi connectivity index (χ0n) is 21.6. The molecule has 2 atom stereocenters. The Morgan fingerprint density at radius 1 is 1.08 bits per heavy atom. The van der Waals surface area contributed by atoms with Crippen LogP contribution in [0, 0.1) is 5.82 Å². The molecule has 0 aliphatic carbocycles. The number of amides is 2. The highest BCUT2D eigenvalue weighted by atomic mass is 32.2. The van der Waals surface area contributed by atoms with Gasteiger partial charge in [0, 0.05) is 26.7 Å². The molecule has 2 rings (SSSR count). The number of methoxy groups -OCH3 is 1. The predicted octanol–water partition coefficient (Wildman–Crippen LogP) is 2.78. The average Bonchev–Trinajstić information content (AvgIpc) is 2.85. The molecule has 0 aromatic heterocycles. The van der Waals surface area contributed by atoms with Gasteiger partial charge in [0.1, 0.15) is 24.2 Å². The van der Waals surface area contributed by atoms with E-state index >= 15 is 0 Å². The Morgan fingerprint density at radius 2 is 1.75 bits per heavy atom. The summed E-state index contributed by atoms with van der Waals surface area (Å²) in [5.41, 5.74) is 0.413. The Bertz CT molecular complexity index is 1160. The molecule has 0 saturated carbocycles. The van der Waals surface area contributed by atoms with Crippen molar-refractivity contribution >= 4 is 27.7 Å². The number of hydrogen-bond acceptors (Lipinski definition) is 5. The van der Waals surface area contributed by atoms with Gasteiger partial charge in [-0.25, -0.2) is 8.70 Å². The highest BCUT2D eigenvalue weighted by Crippen LogP contribution is 2.24. The molecule has 0 fully saturated rings. The van der Waals surface area contributed by atoms with Gasteiger partial charge in [-0.05, 0) is 50.1 Å². The van der Waals surface area contributed by atoms with Gasteiger partial charge in [-0.3, -0.25) is 9.59 Å². The van der Waals surface area contributed by atoms with Crippen molar-refractivity contribution in [2.45, 2.75) is 45.8 Å². The molecule has 0 spiro atoms. The van der Waals surface area contributed by atoms with Crippen LogP contribution in [-0.4, -0.2) is 69.3 Å². The van der Waals surface area contributed by atoms with E-state index in [9.17, 15) is 22.4 Å². The van der Waals surface area contributed by atoms with Crippen molar-refractivity contribution in [3.8, 4) is 5.75 Å². The van der Waals surface area contributed by atoms with Gasteiger partial charge < -0.3 is 15.0 Å². The molecule has 0 aliphatic heterocycles. The summed E-state index contributed by atoms with van der Waals surface area (Å²) in [6.45, 7) is 4.66. The molecule has 1 N–H and O–H groups in total. The smallest absolute Gasteiger partial charge is 0.304 e. The Kier molecular flexibility index (Phi) is 10.2. The van der Waals surface area contributed by atoms with E-state index in [-0.39, 0.29) is 24.2 Å². The van der Waals surface area contributed by atoms with Crippen LogP contribution in [-0.2, 0) is 26.3 Å². The first-order chi connectivity index (χ1) is 16.9. The van der Waals surface area contributed by atoms with E-state index in [0.717, 1.165) is 10.4 Å². The number of halogens is 1. The molecule has 0 saturated heterocycles. The van der Waals surface area contributed by atoms with Crippen LogP contribution in [0.3, 0.4) is 0 Å². The minimum absolute atomic E-state index is 0.0122. The van der Waals surface area contributed by atoms with Crippen LogP contribution >= 0.6 is 0 Å². The molecule has 0 aliphatic rings. The van der Waals surface area contributed by atoms with E-state index in [1.807, 2.05) is 13.8 Å². The first-order valence-electron chi connectivity index (χ1n) is 11.6. The van der Waals surface area contributed by atoms with Crippen LogP contribution in [0.5, 0.6) is 5.75 Å². The van der Waals surface area contributed by atoms with Crippen LogP contribution in [0.4, 0.5) is 10.1 Å². The number of carbonyl (C=O) groups excluding carboxylic acids is 2. The van der Waals surface area contributed by atoms with Crippen molar-refractivity contribution < 1.29 is 27.1 Å². The lowest BCUT2D eigenvalue weighted by atomic mass is 10.1. The third-order valence-electron chi connectivity index (χ3n) is 5.80. The number of benzene rings is 2. The molecule has 2 amide bonds. The van der Waals surface area contributed by atoms with E-state index in [1.54, 1.807) is 31.2 Å². The largest absolute Gasteiger partial charge is 0.497 e. The molecule has 9 nitrogen and oxygen atoms in total. The predicted molar refractivity (Wildman–Crippen MR) is 137 cm³/mol. The molecule has 36 heavy (non-hydrogen) atoms. The van der Waals surface area contributed by atoms with E-state index in [2.05, 4.69) is 5.32 Å². The molecule has 11 heteroatoms. The molecular formula is C25H35FN4O5S. The van der Waals surface area contributed by atoms with Crippen molar-refractivity contribution in [3.05, 3.63) is 59.9 Å². The number of nitrogens with one attached hydrogen (secondary N) is 1. The van der Waals surface area contributed by atoms with Gasteiger partial charge in [-0.1, -0.05) is 31.2 Å². The van der Waals surface area contributed by atoms with Gasteiger partial charge in [0.2, 0.25) is 11.8 Å². The third kappa shape index (κ3) is 7.17. The molecule has 0 heterocycles. The van der Waals surface area contributed by atoms with Crippen molar-refractivity contribution in [1.29, 1.82) is 0 Å². The van der Waals surface area contributed by atoms with Crippen LogP contribution < -0.4 is 14.4 Å². The number of hydrogen-bond donors (Lipinski definition) is 1. The highest BCUT2D eigenvalue weighted by molar-refractivity contribution is 7.90. The molecule has 0 radical (unpaired) electrons. The van der Waals surface area contributed by atoms with E-state index < -0.39 is 34.5 Å². The van der Waals surface area contributed by atoms with Crippen molar-refractivity contribution in [3.63, 3.8) is 0 Å². The standard InChI is InChI=1S/C25H35FN4O5S/c1-7-18(2)27-25(32)19(3)29(16-20-11-10-12-21(15-20)35-6)24(31)17-30(36(33,34)28(4)5)23-14-9-8-13-22(23)26/h8-15,18-19H,7,16-17H2,1-6H3,(H,27,32)/t18-,19-/m0/s1. The molecule has 2 aromatic rings. The van der Waals surface area contributed by atoms with Crippen LogP contribution in [0.15, 0.2) is 48.5 Å². The topological polar surface area (TPSA) is 99.3 Å². The Labute approximate surface area is 213 Å². The van der Waals surface area contributed by atoms with E-state index in [0.29, 0.717) is 22.0 Å². The fraction of sp³-hybridized carbons (Fsp3) is 0.440. The van der Waals surface area contributed by atoms with E-state index in [4.69, 9.17) is 4.74 Å². The lowest BCUT2D eigenvalue weighted by molar-refractivity contribution is -0.139. The fourth-order valence-corrected chi connectivity index (χ4v) is 4.44. The number of nitrogens with zero attached hydrogens (tertiary/aromatic N) is 3. The molecule has 0 unspecified atom stereocenters. The summed E-state index contributed by atoms with van der Waals surface area (Å²) in [5.74, 6) is -1.27. The maximum Gasteiger partial charge on any atom is 0.304 e. The fourth-order valence-electron chi connectivity index (χ4n) is 3.37. The van der Waals surface area contributed by atoms with Crippen LogP contribution in [0.25, 0.3) is 0 Å². The highest BCUT2D eigenvalue weighted by Gasteiger charge is 2.33. The average molecular weight is 523 g/mol. The van der Waals surface area contributed by atoms with Crippen molar-refractivity contribution in [1.82, 2.24) is 14.5 Å². The SMILES string of the molecule is CC[C@H](C)NC(=O)[C@H](C)N(Cc1cccc(OC)c1)C(=O)CN(c1ccccc1F)S(=O)(=O)N(C)C. The number of rotatable bonds is 12. The summed E-state index contributed by atoms with van der Waals surface area (Å²) in [6.07, 6.45) is 0.699. The van der Waals surface area contributed by atoms with Crippen molar-refractivity contribution in [2.75, 3.05) is 32.1 Å². The molecular weight excluding hydrogens is 487 g/mol. The van der Waals surface area contributed by atoms with Crippen LogP contribution in [0.2, 0.25) is 0 Å². The Morgan fingerprint density at radius 3 is 2.33 bits per heavy atom. The Balaban J connectivity index is 2.48. The molecule has 0 bridgehead atoms. The minimum atomic E-state index is -4.24. The Hall–Kier alpha value is -3.18. The van der Waals surface area contributed by atoms with Crippen LogP contribution in [0.1, 0.15) is 32.8 Å². The summed E-state index contributed by atoms with van der Waals surface area (Å²) >= 11 is 0. The molecule has 198 valence electrons. The maximum absolute atomic E-state index is 14.7. The van der Waals surface area contributed by atoms with Gasteiger partial charge in [0.05, 0.1) is 12.8 Å². The number of ether oxygens (including phenoxy) is 1. The molecule has 2 aromatic carbocycles. The second kappa shape index (κ2) is 12.7. The lowest BCUT2D eigenvalue weighted by Gasteiger charge is -2.33. The zero-order chi connectivity index (χ0) is 27.0. The number of anilines is 1. The van der Waals surface area contributed by atoms with Gasteiger partial charge in [-0.2, -0.15) is 12.7 Å². The summed E-state index contributed by atoms with van der Waals surface area (Å²) in [4.78, 5) is 27.9. The maximum atomic E-state index is 14.7. The number of para-hydroxylation sites is 1. The van der Waals surface area contributed by atoms with Gasteiger partial charge in [0.15, 0.2) is 0 Å². The summed E-state index contributed by atoms with van der Waals surface area (Å²) in [6, 6.07) is 11.3. The minimum Gasteiger partial charge on any atom is -0.497 e. The number of carbonyl (C=O) groups is 2. The van der Waals surface area contributed by atoms with Crippen molar-refractivity contribution in [2.24, 2.45) is 0 Å². The summed E-state index contributed by atoms with van der Waals surface area (Å²) in [5, 5.41) is 2.86.